The highest BCUT2D eigenvalue weighted by atomic mass is 32.1. The molecule has 0 bridgehead atoms. The minimum Gasteiger partial charge on any atom is -0.481 e. The molecule has 2 rings (SSSR count). The number of carboxylic acids is 1. The molecule has 18 heavy (non-hydrogen) atoms. The molecule has 1 N–H and O–H groups in total. The third-order valence-electron chi connectivity index (χ3n) is 2.23. The number of carbonyl (C=O) groups is 1. The fourth-order valence-corrected chi connectivity index (χ4v) is 2.28. The predicted molar refractivity (Wildman–Crippen MR) is 65.5 cm³/mol. The van der Waals surface area contributed by atoms with Crippen molar-refractivity contribution in [2.45, 2.75) is 6.42 Å². The fraction of sp³-hybridized carbons (Fsp3) is 0.0909. The maximum absolute atomic E-state index is 10.9. The summed E-state index contributed by atoms with van der Waals surface area (Å²) in [5.74, 6) is -0.974. The maximum Gasteiger partial charge on any atom is 0.310 e. The van der Waals surface area contributed by atoms with E-state index in [2.05, 4.69) is 4.98 Å². The molecular formula is C11H8N2O4S. The number of aliphatic carboxylic acids is 1. The lowest BCUT2D eigenvalue weighted by Gasteiger charge is -1.98. The fourth-order valence-electron chi connectivity index (χ4n) is 1.49. The van der Waals surface area contributed by atoms with Gasteiger partial charge >= 0.3 is 5.97 Å². The van der Waals surface area contributed by atoms with Crippen LogP contribution in [0.1, 0.15) is 5.01 Å². The normalized spacial score (nSPS) is 10.2. The Hall–Kier alpha value is -2.28. The number of carboxylic acid groups (broad SMARTS) is 1. The van der Waals surface area contributed by atoms with Crippen LogP contribution in [0.15, 0.2) is 29.6 Å². The summed E-state index contributed by atoms with van der Waals surface area (Å²) in [6.07, 6.45) is -0.175. The van der Waals surface area contributed by atoms with E-state index in [0.29, 0.717) is 16.3 Å². The SMILES string of the molecule is O=C(O)Cc1nc(-c2ccccc2[N+](=O)[O-])cs1. The minimum atomic E-state index is -0.974. The lowest BCUT2D eigenvalue weighted by Crippen LogP contribution is -1.99. The van der Waals surface area contributed by atoms with E-state index in [1.807, 2.05) is 0 Å². The Labute approximate surface area is 106 Å². The number of rotatable bonds is 4. The molecule has 0 saturated carbocycles. The number of aromatic nitrogens is 1. The standard InChI is InChI=1S/C11H8N2O4S/c14-11(15)5-10-12-8(6-18-10)7-3-1-2-4-9(7)13(16)17/h1-4,6H,5H2,(H,14,15). The first-order chi connectivity index (χ1) is 8.58. The van der Waals surface area contributed by atoms with Crippen LogP contribution in [0.2, 0.25) is 0 Å². The third kappa shape index (κ3) is 2.51. The molecule has 2 aromatic rings. The average molecular weight is 264 g/mol. The Kier molecular flexibility index (Phi) is 3.33. The third-order valence-corrected chi connectivity index (χ3v) is 3.08. The first kappa shape index (κ1) is 12.2. The zero-order chi connectivity index (χ0) is 13.1. The lowest BCUT2D eigenvalue weighted by atomic mass is 10.1. The van der Waals surface area contributed by atoms with E-state index in [-0.39, 0.29) is 12.1 Å². The van der Waals surface area contributed by atoms with Gasteiger partial charge in [0.1, 0.15) is 5.01 Å². The Morgan fingerprint density at radius 3 is 2.83 bits per heavy atom. The summed E-state index contributed by atoms with van der Waals surface area (Å²) in [7, 11) is 0. The second-order valence-electron chi connectivity index (χ2n) is 3.47. The molecule has 0 saturated heterocycles. The van der Waals surface area contributed by atoms with Crippen molar-refractivity contribution in [3.8, 4) is 11.3 Å². The van der Waals surface area contributed by atoms with E-state index in [1.165, 1.54) is 17.4 Å². The van der Waals surface area contributed by atoms with E-state index in [1.54, 1.807) is 23.6 Å². The van der Waals surface area contributed by atoms with E-state index in [4.69, 9.17) is 5.11 Å². The summed E-state index contributed by atoms with van der Waals surface area (Å²) < 4.78 is 0. The monoisotopic (exact) mass is 264 g/mol. The Morgan fingerprint density at radius 1 is 1.44 bits per heavy atom. The van der Waals surface area contributed by atoms with Gasteiger partial charge in [-0.15, -0.1) is 11.3 Å². The summed E-state index contributed by atoms with van der Waals surface area (Å²) in [5, 5.41) is 21.6. The van der Waals surface area contributed by atoms with Crippen LogP contribution >= 0.6 is 11.3 Å². The molecular weight excluding hydrogens is 256 g/mol. The first-order valence-corrected chi connectivity index (χ1v) is 5.86. The van der Waals surface area contributed by atoms with Crippen molar-refractivity contribution in [3.63, 3.8) is 0 Å². The Balaban J connectivity index is 2.40. The van der Waals surface area contributed by atoms with Crippen LogP contribution in [0.4, 0.5) is 5.69 Å². The van der Waals surface area contributed by atoms with Gasteiger partial charge in [0, 0.05) is 11.4 Å². The zero-order valence-electron chi connectivity index (χ0n) is 9.07. The molecule has 92 valence electrons. The number of hydrogen-bond donors (Lipinski definition) is 1. The van der Waals surface area contributed by atoms with Crippen molar-refractivity contribution in [2.75, 3.05) is 0 Å². The van der Waals surface area contributed by atoms with Gasteiger partial charge in [0.25, 0.3) is 5.69 Å². The maximum atomic E-state index is 10.9. The molecule has 0 radical (unpaired) electrons. The largest absolute Gasteiger partial charge is 0.481 e. The first-order valence-electron chi connectivity index (χ1n) is 4.98. The van der Waals surface area contributed by atoms with Crippen molar-refractivity contribution >= 4 is 23.0 Å². The molecule has 7 heteroatoms. The molecule has 0 aliphatic rings. The van der Waals surface area contributed by atoms with Gasteiger partial charge in [-0.1, -0.05) is 12.1 Å². The molecule has 6 nitrogen and oxygen atoms in total. The number of hydrogen-bond acceptors (Lipinski definition) is 5. The van der Waals surface area contributed by atoms with E-state index in [0.717, 1.165) is 0 Å². The minimum absolute atomic E-state index is 0.0373. The zero-order valence-corrected chi connectivity index (χ0v) is 9.88. The van der Waals surface area contributed by atoms with E-state index in [9.17, 15) is 14.9 Å². The molecule has 0 amide bonds. The summed E-state index contributed by atoms with van der Waals surface area (Å²) >= 11 is 1.18. The quantitative estimate of drug-likeness (QED) is 0.675. The molecule has 0 aliphatic heterocycles. The Bertz CT molecular complexity index is 609. The highest BCUT2D eigenvalue weighted by molar-refractivity contribution is 7.10. The number of benzene rings is 1. The molecule has 0 aliphatic carbocycles. The van der Waals surface area contributed by atoms with Crippen LogP contribution in [-0.4, -0.2) is 21.0 Å². The van der Waals surface area contributed by atoms with Crippen molar-refractivity contribution in [1.82, 2.24) is 4.98 Å². The number of nitro groups is 1. The van der Waals surface area contributed by atoms with Gasteiger partial charge in [-0.3, -0.25) is 14.9 Å². The Morgan fingerprint density at radius 2 is 2.17 bits per heavy atom. The number of para-hydroxylation sites is 1. The van der Waals surface area contributed by atoms with Crippen LogP contribution in [0, 0.1) is 10.1 Å². The number of nitrogens with zero attached hydrogens (tertiary/aromatic N) is 2. The smallest absolute Gasteiger partial charge is 0.310 e. The van der Waals surface area contributed by atoms with Gasteiger partial charge in [-0.05, 0) is 6.07 Å². The topological polar surface area (TPSA) is 93.3 Å². The molecule has 1 aromatic heterocycles. The molecule has 0 spiro atoms. The van der Waals surface area contributed by atoms with Crippen LogP contribution in [0.3, 0.4) is 0 Å². The van der Waals surface area contributed by atoms with Gasteiger partial charge in [0.15, 0.2) is 0 Å². The molecule has 1 aromatic carbocycles. The second kappa shape index (κ2) is 4.92. The van der Waals surface area contributed by atoms with Gasteiger partial charge < -0.3 is 5.11 Å². The van der Waals surface area contributed by atoms with Crippen LogP contribution in [0.5, 0.6) is 0 Å². The van der Waals surface area contributed by atoms with Gasteiger partial charge in [-0.2, -0.15) is 0 Å². The molecule has 0 unspecified atom stereocenters. The molecule has 0 atom stereocenters. The van der Waals surface area contributed by atoms with Crippen LogP contribution < -0.4 is 0 Å². The molecule has 1 heterocycles. The second-order valence-corrected chi connectivity index (χ2v) is 4.41. The highest BCUT2D eigenvalue weighted by Gasteiger charge is 2.17. The van der Waals surface area contributed by atoms with Crippen LogP contribution in [0.25, 0.3) is 11.3 Å². The number of nitro benzene ring substituents is 1. The summed E-state index contributed by atoms with van der Waals surface area (Å²) in [5.41, 5.74) is 0.795. The van der Waals surface area contributed by atoms with E-state index < -0.39 is 10.9 Å². The lowest BCUT2D eigenvalue weighted by molar-refractivity contribution is -0.384. The van der Waals surface area contributed by atoms with Crippen molar-refractivity contribution in [2.24, 2.45) is 0 Å². The summed E-state index contributed by atoms with van der Waals surface area (Å²) in [4.78, 5) is 25.0. The summed E-state index contributed by atoms with van der Waals surface area (Å²) in [6, 6.07) is 6.24. The van der Waals surface area contributed by atoms with Gasteiger partial charge in [0.05, 0.1) is 22.6 Å². The number of thiazole rings is 1. The molecule has 0 fully saturated rings. The van der Waals surface area contributed by atoms with Gasteiger partial charge in [-0.25, -0.2) is 4.98 Å². The van der Waals surface area contributed by atoms with E-state index >= 15 is 0 Å². The van der Waals surface area contributed by atoms with Crippen molar-refractivity contribution in [1.29, 1.82) is 0 Å². The van der Waals surface area contributed by atoms with Crippen LogP contribution in [-0.2, 0) is 11.2 Å². The van der Waals surface area contributed by atoms with Crippen molar-refractivity contribution in [3.05, 3.63) is 44.8 Å². The summed E-state index contributed by atoms with van der Waals surface area (Å²) in [6.45, 7) is 0. The van der Waals surface area contributed by atoms with Gasteiger partial charge in [0.2, 0.25) is 0 Å². The highest BCUT2D eigenvalue weighted by Crippen LogP contribution is 2.30. The average Bonchev–Trinajstić information content (AvgIpc) is 2.76. The predicted octanol–water partition coefficient (Wildman–Crippen LogP) is 2.35. The van der Waals surface area contributed by atoms with Crippen molar-refractivity contribution < 1.29 is 14.8 Å².